The monoisotopic (exact) mass is 350 g/mol. The molecule has 0 spiro atoms. The van der Waals surface area contributed by atoms with Crippen LogP contribution in [-0.2, 0) is 4.79 Å². The summed E-state index contributed by atoms with van der Waals surface area (Å²) in [6.07, 6.45) is 6.06. The van der Waals surface area contributed by atoms with Crippen LogP contribution in [0, 0.1) is 0 Å². The van der Waals surface area contributed by atoms with E-state index in [4.69, 9.17) is 11.6 Å². The number of rotatable bonds is 7. The van der Waals surface area contributed by atoms with E-state index in [0.29, 0.717) is 9.93 Å². The maximum atomic E-state index is 12.7. The quantitative estimate of drug-likeness (QED) is 0.499. The molecule has 1 amide bonds. The SMILES string of the molecule is CCCCN=C1SC(=Cc2ccccc2Cl)C(=O)N1CCCC. The molecule has 1 heterocycles. The van der Waals surface area contributed by atoms with Crippen LogP contribution in [0.5, 0.6) is 0 Å². The first-order valence-corrected chi connectivity index (χ1v) is 9.37. The van der Waals surface area contributed by atoms with Gasteiger partial charge in [0.05, 0.1) is 4.91 Å². The van der Waals surface area contributed by atoms with Gasteiger partial charge in [-0.05, 0) is 42.3 Å². The molecule has 0 unspecified atom stereocenters. The number of hydrogen-bond acceptors (Lipinski definition) is 3. The van der Waals surface area contributed by atoms with Crippen LogP contribution < -0.4 is 0 Å². The molecule has 0 aliphatic carbocycles. The predicted molar refractivity (Wildman–Crippen MR) is 101 cm³/mol. The standard InChI is InChI=1S/C18H23ClN2OS/c1-3-5-11-20-18-21(12-6-4-2)17(22)16(23-18)13-14-9-7-8-10-15(14)19/h7-10,13H,3-6,11-12H2,1-2H3. The molecule has 0 N–H and O–H groups in total. The molecule has 1 fully saturated rings. The van der Waals surface area contributed by atoms with E-state index in [1.165, 1.54) is 11.8 Å². The zero-order valence-electron chi connectivity index (χ0n) is 13.7. The van der Waals surface area contributed by atoms with Crippen molar-refractivity contribution >= 4 is 40.5 Å². The zero-order chi connectivity index (χ0) is 16.7. The van der Waals surface area contributed by atoms with Crippen molar-refractivity contribution < 1.29 is 4.79 Å². The molecule has 1 aromatic rings. The fraction of sp³-hybridized carbons (Fsp3) is 0.444. The van der Waals surface area contributed by atoms with Crippen LogP contribution in [0.4, 0.5) is 0 Å². The Kier molecular flexibility index (Phi) is 7.18. The number of unbranched alkanes of at least 4 members (excludes halogenated alkanes) is 2. The second-order valence-electron chi connectivity index (χ2n) is 5.46. The molecule has 124 valence electrons. The number of amides is 1. The molecule has 1 aliphatic rings. The maximum Gasteiger partial charge on any atom is 0.266 e. The van der Waals surface area contributed by atoms with Gasteiger partial charge < -0.3 is 0 Å². The van der Waals surface area contributed by atoms with Gasteiger partial charge in [-0.15, -0.1) is 0 Å². The van der Waals surface area contributed by atoms with Gasteiger partial charge in [0.25, 0.3) is 5.91 Å². The summed E-state index contributed by atoms with van der Waals surface area (Å²) < 4.78 is 0. The third kappa shape index (κ3) is 4.85. The van der Waals surface area contributed by atoms with Crippen LogP contribution in [-0.4, -0.2) is 29.1 Å². The van der Waals surface area contributed by atoms with Crippen LogP contribution in [0.25, 0.3) is 6.08 Å². The number of thioether (sulfide) groups is 1. The third-order valence-electron chi connectivity index (χ3n) is 3.57. The van der Waals surface area contributed by atoms with Crippen LogP contribution >= 0.6 is 23.4 Å². The van der Waals surface area contributed by atoms with Crippen molar-refractivity contribution in [2.45, 2.75) is 39.5 Å². The molecule has 1 saturated heterocycles. The van der Waals surface area contributed by atoms with E-state index in [1.54, 1.807) is 0 Å². The number of benzene rings is 1. The summed E-state index contributed by atoms with van der Waals surface area (Å²) in [5.74, 6) is 0.0404. The highest BCUT2D eigenvalue weighted by molar-refractivity contribution is 8.18. The smallest absolute Gasteiger partial charge is 0.266 e. The number of nitrogens with zero attached hydrogens (tertiary/aromatic N) is 2. The summed E-state index contributed by atoms with van der Waals surface area (Å²) in [7, 11) is 0. The van der Waals surface area contributed by atoms with E-state index < -0.39 is 0 Å². The Morgan fingerprint density at radius 2 is 1.96 bits per heavy atom. The molecule has 3 nitrogen and oxygen atoms in total. The van der Waals surface area contributed by atoms with E-state index in [1.807, 2.05) is 35.2 Å². The Morgan fingerprint density at radius 1 is 1.22 bits per heavy atom. The molecule has 0 radical (unpaired) electrons. The first-order chi connectivity index (χ1) is 11.2. The van der Waals surface area contributed by atoms with Crippen LogP contribution in [0.15, 0.2) is 34.2 Å². The number of amidine groups is 1. The molecule has 1 aliphatic heterocycles. The molecule has 0 atom stereocenters. The van der Waals surface area contributed by atoms with Crippen molar-refractivity contribution in [2.75, 3.05) is 13.1 Å². The van der Waals surface area contributed by atoms with Gasteiger partial charge in [0, 0.05) is 18.1 Å². The highest BCUT2D eigenvalue weighted by Gasteiger charge is 2.32. The van der Waals surface area contributed by atoms with E-state index in [9.17, 15) is 4.79 Å². The van der Waals surface area contributed by atoms with E-state index in [0.717, 1.165) is 49.5 Å². The fourth-order valence-electron chi connectivity index (χ4n) is 2.21. The van der Waals surface area contributed by atoms with Gasteiger partial charge >= 0.3 is 0 Å². The van der Waals surface area contributed by atoms with Gasteiger partial charge in [-0.1, -0.05) is 56.5 Å². The Hall–Kier alpha value is -1.26. The molecule has 0 saturated carbocycles. The first kappa shape index (κ1) is 18.1. The van der Waals surface area contributed by atoms with E-state index in [2.05, 4.69) is 18.8 Å². The van der Waals surface area contributed by atoms with Gasteiger partial charge in [-0.2, -0.15) is 0 Å². The van der Waals surface area contributed by atoms with Crippen molar-refractivity contribution in [1.29, 1.82) is 0 Å². The van der Waals surface area contributed by atoms with E-state index >= 15 is 0 Å². The lowest BCUT2D eigenvalue weighted by molar-refractivity contribution is -0.122. The summed E-state index contributed by atoms with van der Waals surface area (Å²) >= 11 is 7.66. The Bertz CT molecular complexity index is 613. The summed E-state index contributed by atoms with van der Waals surface area (Å²) in [6, 6.07) is 7.57. The van der Waals surface area contributed by atoms with Gasteiger partial charge in [0.15, 0.2) is 5.17 Å². The van der Waals surface area contributed by atoms with Gasteiger partial charge in [0.1, 0.15) is 0 Å². The number of hydrogen-bond donors (Lipinski definition) is 0. The van der Waals surface area contributed by atoms with Crippen LogP contribution in [0.2, 0.25) is 5.02 Å². The highest BCUT2D eigenvalue weighted by Crippen LogP contribution is 2.34. The second kappa shape index (κ2) is 9.14. The minimum absolute atomic E-state index is 0.0404. The van der Waals surface area contributed by atoms with Crippen molar-refractivity contribution in [3.05, 3.63) is 39.8 Å². The Balaban J connectivity index is 2.23. The molecule has 5 heteroatoms. The largest absolute Gasteiger partial charge is 0.287 e. The number of carbonyl (C=O) groups excluding carboxylic acids is 1. The number of carbonyl (C=O) groups is 1. The third-order valence-corrected chi connectivity index (χ3v) is 4.96. The Morgan fingerprint density at radius 3 is 2.65 bits per heavy atom. The highest BCUT2D eigenvalue weighted by atomic mass is 35.5. The lowest BCUT2D eigenvalue weighted by Gasteiger charge is -2.14. The first-order valence-electron chi connectivity index (χ1n) is 8.17. The lowest BCUT2D eigenvalue weighted by Crippen LogP contribution is -2.30. The molecular weight excluding hydrogens is 328 g/mol. The van der Waals surface area contributed by atoms with Crippen LogP contribution in [0.3, 0.4) is 0 Å². The maximum absolute atomic E-state index is 12.7. The second-order valence-corrected chi connectivity index (χ2v) is 6.88. The minimum Gasteiger partial charge on any atom is -0.287 e. The lowest BCUT2D eigenvalue weighted by atomic mass is 10.2. The van der Waals surface area contributed by atoms with Gasteiger partial charge in [-0.3, -0.25) is 14.7 Å². The summed E-state index contributed by atoms with van der Waals surface area (Å²) in [5, 5.41) is 1.49. The van der Waals surface area contributed by atoms with Crippen molar-refractivity contribution in [1.82, 2.24) is 4.90 Å². The van der Waals surface area contributed by atoms with Crippen molar-refractivity contribution in [2.24, 2.45) is 4.99 Å². The molecule has 0 aromatic heterocycles. The summed E-state index contributed by atoms with van der Waals surface area (Å²) in [6.45, 7) is 5.77. The van der Waals surface area contributed by atoms with Crippen molar-refractivity contribution in [3.63, 3.8) is 0 Å². The molecule has 2 rings (SSSR count). The van der Waals surface area contributed by atoms with Crippen LogP contribution in [0.1, 0.15) is 45.1 Å². The molecule has 23 heavy (non-hydrogen) atoms. The average molecular weight is 351 g/mol. The van der Waals surface area contributed by atoms with Gasteiger partial charge in [-0.25, -0.2) is 0 Å². The zero-order valence-corrected chi connectivity index (χ0v) is 15.3. The molecule has 0 bridgehead atoms. The minimum atomic E-state index is 0.0404. The normalized spacial score (nSPS) is 18.4. The Labute approximate surface area is 147 Å². The van der Waals surface area contributed by atoms with Crippen molar-refractivity contribution in [3.8, 4) is 0 Å². The topological polar surface area (TPSA) is 32.7 Å². The predicted octanol–water partition coefficient (Wildman–Crippen LogP) is 5.21. The summed E-state index contributed by atoms with van der Waals surface area (Å²) in [4.78, 5) is 19.8. The number of aliphatic imine (C=N–C) groups is 1. The van der Waals surface area contributed by atoms with Gasteiger partial charge in [0.2, 0.25) is 0 Å². The van der Waals surface area contributed by atoms with E-state index in [-0.39, 0.29) is 5.91 Å². The molecule has 1 aromatic carbocycles. The number of halogens is 1. The fourth-order valence-corrected chi connectivity index (χ4v) is 3.42. The summed E-state index contributed by atoms with van der Waals surface area (Å²) in [5.41, 5.74) is 0.871. The average Bonchev–Trinajstić information content (AvgIpc) is 2.83. The molecular formula is C18H23ClN2OS.